The van der Waals surface area contributed by atoms with E-state index in [0.29, 0.717) is 6.54 Å². The lowest BCUT2D eigenvalue weighted by molar-refractivity contribution is -0.124. The lowest BCUT2D eigenvalue weighted by Gasteiger charge is -2.12. The van der Waals surface area contributed by atoms with Gasteiger partial charge in [0.15, 0.2) is 0 Å². The van der Waals surface area contributed by atoms with Crippen molar-refractivity contribution in [3.05, 3.63) is 33.8 Å². The fourth-order valence-corrected chi connectivity index (χ4v) is 2.34. The Kier molecular flexibility index (Phi) is 4.27. The highest BCUT2D eigenvalue weighted by molar-refractivity contribution is 9.10. The van der Waals surface area contributed by atoms with Crippen LogP contribution in [0, 0.1) is 13.8 Å². The highest BCUT2D eigenvalue weighted by Crippen LogP contribution is 2.14. The van der Waals surface area contributed by atoms with Crippen molar-refractivity contribution in [1.29, 1.82) is 0 Å². The summed E-state index contributed by atoms with van der Waals surface area (Å²) in [5.74, 6) is -0.0664. The third-order valence-corrected chi connectivity index (χ3v) is 3.85. The van der Waals surface area contributed by atoms with E-state index in [1.165, 1.54) is 0 Å². The number of amides is 1. The number of aryl methyl sites for hydroxylation is 2. The predicted molar refractivity (Wildman–Crippen MR) is 79.2 cm³/mol. The number of halogens is 1. The molecule has 1 unspecified atom stereocenters. The molecule has 1 atom stereocenters. The largest absolute Gasteiger partial charge is 0.350 e. The number of nitrogens with zero attached hydrogens (tertiary/aromatic N) is 4. The Morgan fingerprint density at radius 3 is 2.70 bits per heavy atom. The van der Waals surface area contributed by atoms with Crippen LogP contribution in [-0.2, 0) is 18.4 Å². The van der Waals surface area contributed by atoms with E-state index in [1.54, 1.807) is 17.1 Å². The first-order chi connectivity index (χ1) is 9.40. The highest BCUT2D eigenvalue weighted by Gasteiger charge is 2.17. The van der Waals surface area contributed by atoms with Gasteiger partial charge in [0.05, 0.1) is 16.4 Å². The summed E-state index contributed by atoms with van der Waals surface area (Å²) in [6, 6.07) is -0.349. The van der Waals surface area contributed by atoms with Gasteiger partial charge in [-0.25, -0.2) is 0 Å². The SMILES string of the molecule is Cc1nn(C)c(C)c1CNC(=O)C(C)n1cc(Br)cn1. The molecule has 0 aliphatic heterocycles. The molecule has 1 N–H and O–H groups in total. The monoisotopic (exact) mass is 339 g/mol. The van der Waals surface area contributed by atoms with Crippen LogP contribution in [0.1, 0.15) is 29.9 Å². The molecule has 0 radical (unpaired) electrons. The minimum Gasteiger partial charge on any atom is -0.350 e. The van der Waals surface area contributed by atoms with Gasteiger partial charge in [-0.05, 0) is 36.7 Å². The molecule has 0 aliphatic rings. The normalized spacial score (nSPS) is 12.4. The second-order valence-electron chi connectivity index (χ2n) is 4.81. The van der Waals surface area contributed by atoms with Crippen LogP contribution < -0.4 is 5.32 Å². The van der Waals surface area contributed by atoms with Crippen LogP contribution in [0.15, 0.2) is 16.9 Å². The molecule has 2 heterocycles. The average molecular weight is 340 g/mol. The molecule has 6 nitrogen and oxygen atoms in total. The Morgan fingerprint density at radius 1 is 1.50 bits per heavy atom. The zero-order chi connectivity index (χ0) is 14.9. The molecule has 0 saturated carbocycles. The van der Waals surface area contributed by atoms with Crippen molar-refractivity contribution in [2.24, 2.45) is 7.05 Å². The van der Waals surface area contributed by atoms with E-state index in [-0.39, 0.29) is 11.9 Å². The Morgan fingerprint density at radius 2 is 2.20 bits per heavy atom. The van der Waals surface area contributed by atoms with E-state index < -0.39 is 0 Å². The Labute approximate surface area is 126 Å². The summed E-state index contributed by atoms with van der Waals surface area (Å²) < 4.78 is 4.31. The van der Waals surface area contributed by atoms with E-state index in [2.05, 4.69) is 31.4 Å². The van der Waals surface area contributed by atoms with Gasteiger partial charge in [-0.3, -0.25) is 14.2 Å². The van der Waals surface area contributed by atoms with Gasteiger partial charge in [0.2, 0.25) is 5.91 Å². The number of carbonyl (C=O) groups is 1. The number of carbonyl (C=O) groups excluding carboxylic acids is 1. The molecule has 0 aliphatic carbocycles. The number of hydrogen-bond donors (Lipinski definition) is 1. The molecule has 0 bridgehead atoms. The van der Waals surface area contributed by atoms with E-state index in [1.807, 2.05) is 32.5 Å². The lowest BCUT2D eigenvalue weighted by Crippen LogP contribution is -2.31. The number of aromatic nitrogens is 4. The minimum absolute atomic E-state index is 0.0664. The zero-order valence-electron chi connectivity index (χ0n) is 12.0. The van der Waals surface area contributed by atoms with Gasteiger partial charge in [0.25, 0.3) is 0 Å². The maximum absolute atomic E-state index is 12.1. The smallest absolute Gasteiger partial charge is 0.244 e. The van der Waals surface area contributed by atoms with Gasteiger partial charge in [0.1, 0.15) is 6.04 Å². The van der Waals surface area contributed by atoms with Gasteiger partial charge in [-0.2, -0.15) is 10.2 Å². The topological polar surface area (TPSA) is 64.7 Å². The van der Waals surface area contributed by atoms with Gasteiger partial charge < -0.3 is 5.32 Å². The highest BCUT2D eigenvalue weighted by atomic mass is 79.9. The summed E-state index contributed by atoms with van der Waals surface area (Å²) in [6.45, 7) is 6.24. The summed E-state index contributed by atoms with van der Waals surface area (Å²) in [5.41, 5.74) is 3.08. The lowest BCUT2D eigenvalue weighted by atomic mass is 10.2. The molecular formula is C13H18BrN5O. The molecule has 0 spiro atoms. The molecule has 0 saturated heterocycles. The third kappa shape index (κ3) is 2.92. The Hall–Kier alpha value is -1.63. The first kappa shape index (κ1) is 14.8. The van der Waals surface area contributed by atoms with Crippen molar-refractivity contribution in [3.8, 4) is 0 Å². The Balaban J connectivity index is 2.02. The Bertz CT molecular complexity index is 631. The molecule has 0 fully saturated rings. The minimum atomic E-state index is -0.349. The average Bonchev–Trinajstić information content (AvgIpc) is 2.92. The summed E-state index contributed by atoms with van der Waals surface area (Å²) in [5, 5.41) is 11.4. The van der Waals surface area contributed by atoms with Crippen molar-refractivity contribution in [3.63, 3.8) is 0 Å². The molecule has 20 heavy (non-hydrogen) atoms. The van der Waals surface area contributed by atoms with Crippen molar-refractivity contribution in [1.82, 2.24) is 24.9 Å². The van der Waals surface area contributed by atoms with Gasteiger partial charge in [-0.15, -0.1) is 0 Å². The fraction of sp³-hybridized carbons (Fsp3) is 0.462. The quantitative estimate of drug-likeness (QED) is 0.924. The zero-order valence-corrected chi connectivity index (χ0v) is 13.6. The second kappa shape index (κ2) is 5.78. The standard InChI is InChI=1S/C13H18BrN5O/c1-8-12(9(2)18(4)17-8)6-15-13(20)10(3)19-7-11(14)5-16-19/h5,7,10H,6H2,1-4H3,(H,15,20). The number of rotatable bonds is 4. The molecule has 2 aromatic rings. The molecule has 2 rings (SSSR count). The van der Waals surface area contributed by atoms with E-state index >= 15 is 0 Å². The summed E-state index contributed by atoms with van der Waals surface area (Å²) in [4.78, 5) is 12.1. The molecule has 1 amide bonds. The second-order valence-corrected chi connectivity index (χ2v) is 5.72. The number of nitrogens with one attached hydrogen (secondary N) is 1. The van der Waals surface area contributed by atoms with Crippen LogP contribution in [0.3, 0.4) is 0 Å². The van der Waals surface area contributed by atoms with Crippen LogP contribution >= 0.6 is 15.9 Å². The van der Waals surface area contributed by atoms with Crippen LogP contribution in [0.2, 0.25) is 0 Å². The summed E-state index contributed by atoms with van der Waals surface area (Å²) >= 11 is 3.32. The third-order valence-electron chi connectivity index (χ3n) is 3.44. The van der Waals surface area contributed by atoms with Crippen molar-refractivity contribution in [2.45, 2.75) is 33.4 Å². The first-order valence-corrected chi connectivity index (χ1v) is 7.16. The van der Waals surface area contributed by atoms with Crippen molar-refractivity contribution < 1.29 is 4.79 Å². The van der Waals surface area contributed by atoms with Crippen LogP contribution in [0.5, 0.6) is 0 Å². The molecular weight excluding hydrogens is 322 g/mol. The molecule has 2 aromatic heterocycles. The van der Waals surface area contributed by atoms with E-state index in [4.69, 9.17) is 0 Å². The van der Waals surface area contributed by atoms with E-state index in [9.17, 15) is 4.79 Å². The first-order valence-electron chi connectivity index (χ1n) is 6.36. The molecule has 7 heteroatoms. The van der Waals surface area contributed by atoms with E-state index in [0.717, 1.165) is 21.4 Å². The molecule has 0 aromatic carbocycles. The number of hydrogen-bond acceptors (Lipinski definition) is 3. The van der Waals surface area contributed by atoms with Crippen LogP contribution in [-0.4, -0.2) is 25.5 Å². The molecule has 108 valence electrons. The van der Waals surface area contributed by atoms with Gasteiger partial charge in [0, 0.05) is 31.0 Å². The van der Waals surface area contributed by atoms with Crippen molar-refractivity contribution in [2.75, 3.05) is 0 Å². The maximum atomic E-state index is 12.1. The predicted octanol–water partition coefficient (Wildman–Crippen LogP) is 1.87. The maximum Gasteiger partial charge on any atom is 0.244 e. The van der Waals surface area contributed by atoms with Crippen LogP contribution in [0.25, 0.3) is 0 Å². The van der Waals surface area contributed by atoms with Gasteiger partial charge in [-0.1, -0.05) is 0 Å². The summed E-state index contributed by atoms with van der Waals surface area (Å²) in [6.07, 6.45) is 3.45. The fourth-order valence-electron chi connectivity index (χ4n) is 2.04. The van der Waals surface area contributed by atoms with Gasteiger partial charge >= 0.3 is 0 Å². The van der Waals surface area contributed by atoms with Crippen LogP contribution in [0.4, 0.5) is 0 Å². The van der Waals surface area contributed by atoms with Crippen molar-refractivity contribution >= 4 is 21.8 Å². The summed E-state index contributed by atoms with van der Waals surface area (Å²) in [7, 11) is 1.90.